The molecule has 3 rings (SSSR count). The lowest BCUT2D eigenvalue weighted by molar-refractivity contribution is 0.209. The molecule has 2 aromatic rings. The van der Waals surface area contributed by atoms with Crippen LogP contribution < -0.4 is 10.1 Å². The number of hydrogen-bond donors (Lipinski definition) is 1. The Hall–Kier alpha value is -1.74. The molecule has 0 saturated carbocycles. The second kappa shape index (κ2) is 5.94. The van der Waals surface area contributed by atoms with Crippen molar-refractivity contribution >= 4 is 0 Å². The lowest BCUT2D eigenvalue weighted by Crippen LogP contribution is -2.22. The van der Waals surface area contributed by atoms with Crippen molar-refractivity contribution in [2.75, 3.05) is 7.05 Å². The Kier molecular flexibility index (Phi) is 4.02. The number of nitrogens with zero attached hydrogens (tertiary/aromatic N) is 1. The fourth-order valence-electron chi connectivity index (χ4n) is 3.23. The maximum absolute atomic E-state index is 6.02. The number of aromatic nitrogens is 1. The van der Waals surface area contributed by atoms with E-state index in [1.165, 1.54) is 11.1 Å². The molecule has 0 spiro atoms. The quantitative estimate of drug-likeness (QED) is 0.910. The Balaban J connectivity index is 1.66. The van der Waals surface area contributed by atoms with Crippen LogP contribution in [0.25, 0.3) is 0 Å². The van der Waals surface area contributed by atoms with Crippen molar-refractivity contribution in [3.63, 3.8) is 0 Å². The van der Waals surface area contributed by atoms with Crippen molar-refractivity contribution in [3.05, 3.63) is 53.9 Å². The van der Waals surface area contributed by atoms with Gasteiger partial charge in [-0.15, -0.1) is 0 Å². The molecule has 0 radical (unpaired) electrons. The summed E-state index contributed by atoms with van der Waals surface area (Å²) < 4.78 is 8.27. The summed E-state index contributed by atoms with van der Waals surface area (Å²) in [6.07, 6.45) is 5.65. The number of fused-ring (bicyclic) bond motifs is 1. The van der Waals surface area contributed by atoms with Gasteiger partial charge in [0.2, 0.25) is 0 Å². The van der Waals surface area contributed by atoms with Gasteiger partial charge in [-0.25, -0.2) is 0 Å². The number of para-hydroxylation sites is 1. The zero-order valence-electron chi connectivity index (χ0n) is 13.0. The summed E-state index contributed by atoms with van der Waals surface area (Å²) in [5, 5.41) is 3.39. The highest BCUT2D eigenvalue weighted by molar-refractivity contribution is 5.37. The second-order valence-electron chi connectivity index (χ2n) is 6.20. The molecule has 112 valence electrons. The van der Waals surface area contributed by atoms with Crippen LogP contribution in [0, 0.1) is 5.92 Å². The van der Waals surface area contributed by atoms with Crippen molar-refractivity contribution in [2.24, 2.45) is 5.92 Å². The van der Waals surface area contributed by atoms with Crippen LogP contribution in [0.15, 0.2) is 42.7 Å². The Morgan fingerprint density at radius 2 is 2.10 bits per heavy atom. The van der Waals surface area contributed by atoms with Crippen molar-refractivity contribution in [1.29, 1.82) is 0 Å². The first-order valence-electron chi connectivity index (χ1n) is 7.75. The summed E-state index contributed by atoms with van der Waals surface area (Å²) >= 11 is 0. The third kappa shape index (κ3) is 2.98. The minimum Gasteiger partial charge on any atom is -0.488 e. The maximum atomic E-state index is 6.02. The first-order valence-corrected chi connectivity index (χ1v) is 7.75. The van der Waals surface area contributed by atoms with E-state index in [0.717, 1.165) is 18.7 Å². The molecule has 3 heteroatoms. The van der Waals surface area contributed by atoms with E-state index in [-0.39, 0.29) is 6.10 Å². The van der Waals surface area contributed by atoms with Crippen LogP contribution in [-0.2, 0) is 13.0 Å². The molecule has 1 N–H and O–H groups in total. The summed E-state index contributed by atoms with van der Waals surface area (Å²) in [7, 11) is 2.03. The van der Waals surface area contributed by atoms with Crippen molar-refractivity contribution in [3.8, 4) is 5.75 Å². The van der Waals surface area contributed by atoms with Crippen LogP contribution in [0.4, 0.5) is 0 Å². The van der Waals surface area contributed by atoms with E-state index >= 15 is 0 Å². The van der Waals surface area contributed by atoms with Crippen molar-refractivity contribution in [1.82, 2.24) is 9.88 Å². The lowest BCUT2D eigenvalue weighted by Gasteiger charge is -2.19. The van der Waals surface area contributed by atoms with Crippen molar-refractivity contribution in [2.45, 2.75) is 39.0 Å². The van der Waals surface area contributed by atoms with Gasteiger partial charge in [-0.2, -0.15) is 0 Å². The average Bonchev–Trinajstić information content (AvgIpc) is 3.06. The molecule has 2 atom stereocenters. The van der Waals surface area contributed by atoms with E-state index in [9.17, 15) is 0 Å². The smallest absolute Gasteiger partial charge is 0.123 e. The maximum Gasteiger partial charge on any atom is 0.123 e. The van der Waals surface area contributed by atoms with Crippen LogP contribution in [0.1, 0.15) is 31.0 Å². The van der Waals surface area contributed by atoms with E-state index < -0.39 is 0 Å². The standard InChI is InChI=1S/C18H24N2O/c1-13(2)18(19-3)15-8-9-20(11-15)12-16-10-14-6-4-5-7-17(14)21-16/h4-9,11,13,16,18-19H,10,12H2,1-3H3. The van der Waals surface area contributed by atoms with E-state index in [0.29, 0.717) is 12.0 Å². The molecule has 0 amide bonds. The third-order valence-corrected chi connectivity index (χ3v) is 4.24. The van der Waals surface area contributed by atoms with Gasteiger partial charge in [0.1, 0.15) is 11.9 Å². The fourth-order valence-corrected chi connectivity index (χ4v) is 3.23. The molecular weight excluding hydrogens is 260 g/mol. The monoisotopic (exact) mass is 284 g/mol. The molecule has 1 aliphatic rings. The highest BCUT2D eigenvalue weighted by Crippen LogP contribution is 2.29. The minimum absolute atomic E-state index is 0.245. The van der Waals surface area contributed by atoms with E-state index in [1.807, 2.05) is 13.1 Å². The second-order valence-corrected chi connectivity index (χ2v) is 6.20. The van der Waals surface area contributed by atoms with E-state index in [4.69, 9.17) is 4.74 Å². The molecule has 1 aromatic carbocycles. The molecule has 21 heavy (non-hydrogen) atoms. The van der Waals surface area contributed by atoms with Gasteiger partial charge in [-0.3, -0.25) is 0 Å². The highest BCUT2D eigenvalue weighted by Gasteiger charge is 2.23. The number of hydrogen-bond acceptors (Lipinski definition) is 2. The molecular formula is C18H24N2O. The molecule has 1 aliphatic heterocycles. The fraction of sp³-hybridized carbons (Fsp3) is 0.444. The van der Waals surface area contributed by atoms with Crippen LogP contribution in [0.2, 0.25) is 0 Å². The summed E-state index contributed by atoms with van der Waals surface area (Å²) in [6, 6.07) is 11.0. The predicted octanol–water partition coefficient (Wildman–Crippen LogP) is 3.41. The Bertz CT molecular complexity index is 578. The molecule has 0 saturated heterocycles. The van der Waals surface area contributed by atoms with Crippen LogP contribution in [-0.4, -0.2) is 17.7 Å². The average molecular weight is 284 g/mol. The predicted molar refractivity (Wildman–Crippen MR) is 85.6 cm³/mol. The Morgan fingerprint density at radius 1 is 1.29 bits per heavy atom. The van der Waals surface area contributed by atoms with E-state index in [1.54, 1.807) is 0 Å². The summed E-state index contributed by atoms with van der Waals surface area (Å²) in [5.41, 5.74) is 2.67. The highest BCUT2D eigenvalue weighted by atomic mass is 16.5. The summed E-state index contributed by atoms with van der Waals surface area (Å²) in [4.78, 5) is 0. The zero-order chi connectivity index (χ0) is 14.8. The molecule has 0 fully saturated rings. The van der Waals surface area contributed by atoms with Gasteiger partial charge in [0.25, 0.3) is 0 Å². The zero-order valence-corrected chi connectivity index (χ0v) is 13.0. The van der Waals surface area contributed by atoms with Gasteiger partial charge in [-0.05, 0) is 36.2 Å². The third-order valence-electron chi connectivity index (χ3n) is 4.24. The number of rotatable bonds is 5. The molecule has 2 heterocycles. The van der Waals surface area contributed by atoms with Gasteiger partial charge in [0, 0.05) is 24.9 Å². The first kappa shape index (κ1) is 14.2. The Labute approximate surface area is 126 Å². The molecule has 3 nitrogen and oxygen atoms in total. The van der Waals surface area contributed by atoms with Gasteiger partial charge < -0.3 is 14.6 Å². The first-order chi connectivity index (χ1) is 10.2. The lowest BCUT2D eigenvalue weighted by atomic mass is 9.99. The van der Waals surface area contributed by atoms with Gasteiger partial charge in [-0.1, -0.05) is 32.0 Å². The SMILES string of the molecule is CNC(c1ccn(CC2Cc3ccccc3O2)c1)C(C)C. The topological polar surface area (TPSA) is 26.2 Å². The van der Waals surface area contributed by atoms with Gasteiger partial charge >= 0.3 is 0 Å². The van der Waals surface area contributed by atoms with Crippen LogP contribution in [0.5, 0.6) is 5.75 Å². The molecule has 1 aromatic heterocycles. The molecule has 0 bridgehead atoms. The van der Waals surface area contributed by atoms with Crippen molar-refractivity contribution < 1.29 is 4.74 Å². The summed E-state index contributed by atoms with van der Waals surface area (Å²) in [5.74, 6) is 1.63. The van der Waals surface area contributed by atoms with E-state index in [2.05, 4.69) is 60.4 Å². The summed E-state index contributed by atoms with van der Waals surface area (Å²) in [6.45, 7) is 5.40. The van der Waals surface area contributed by atoms with Gasteiger partial charge in [0.15, 0.2) is 0 Å². The minimum atomic E-state index is 0.245. The largest absolute Gasteiger partial charge is 0.488 e. The number of benzene rings is 1. The van der Waals surface area contributed by atoms with Gasteiger partial charge in [0.05, 0.1) is 6.54 Å². The molecule has 2 unspecified atom stereocenters. The molecule has 0 aliphatic carbocycles. The Morgan fingerprint density at radius 3 is 2.81 bits per heavy atom. The normalized spacial score (nSPS) is 18.6. The number of nitrogens with one attached hydrogen (secondary N) is 1. The van der Waals surface area contributed by atoms with Crippen LogP contribution in [0.3, 0.4) is 0 Å². The van der Waals surface area contributed by atoms with Crippen LogP contribution >= 0.6 is 0 Å². The number of ether oxygens (including phenoxy) is 1.